The average Bonchev–Trinajstić information content (AvgIpc) is 3.23. The van der Waals surface area contributed by atoms with Crippen LogP contribution in [0.3, 0.4) is 0 Å². The van der Waals surface area contributed by atoms with E-state index < -0.39 is 5.97 Å². The van der Waals surface area contributed by atoms with E-state index in [9.17, 15) is 4.79 Å². The Morgan fingerprint density at radius 2 is 1.02 bits per heavy atom. The van der Waals surface area contributed by atoms with Gasteiger partial charge >= 0.3 is 5.97 Å². The predicted octanol–water partition coefficient (Wildman–Crippen LogP) is 8.74. The van der Waals surface area contributed by atoms with Crippen molar-refractivity contribution in [1.29, 1.82) is 0 Å². The van der Waals surface area contributed by atoms with Crippen LogP contribution < -0.4 is 18.9 Å². The summed E-state index contributed by atoms with van der Waals surface area (Å²) in [5.41, 5.74) is 3.94. The second-order valence-corrected chi connectivity index (χ2v) is 12.9. The van der Waals surface area contributed by atoms with Gasteiger partial charge in [-0.3, -0.25) is 4.79 Å². The lowest BCUT2D eigenvalue weighted by Gasteiger charge is -2.29. The van der Waals surface area contributed by atoms with Gasteiger partial charge in [-0.25, -0.2) is 9.97 Å². The number of nitrogens with zero attached hydrogens (tertiary/aromatic N) is 3. The number of hydrogen-bond donors (Lipinski definition) is 1. The zero-order chi connectivity index (χ0) is 38.1. The fourth-order valence-electron chi connectivity index (χ4n) is 5.36. The SMILES string of the molecule is O=C(O)Cc1ccc(Oc2ccc(OCc3ccccc3)cc2)nc1.S=C(Cc1ccc(Oc2ccc(OCc3ccccc3)cc2)nc1)N1CCOCC1. The van der Waals surface area contributed by atoms with Crippen molar-refractivity contribution in [2.45, 2.75) is 26.1 Å². The molecule has 0 bridgehead atoms. The van der Waals surface area contributed by atoms with Gasteiger partial charge in [0.2, 0.25) is 11.8 Å². The summed E-state index contributed by atoms with van der Waals surface area (Å²) in [5.74, 6) is 2.96. The van der Waals surface area contributed by atoms with E-state index in [1.165, 1.54) is 6.20 Å². The highest BCUT2D eigenvalue weighted by Gasteiger charge is 2.14. The molecule has 1 fully saturated rings. The van der Waals surface area contributed by atoms with Gasteiger partial charge in [0, 0.05) is 44.0 Å². The molecule has 1 aliphatic rings. The van der Waals surface area contributed by atoms with Crippen molar-refractivity contribution in [3.8, 4) is 34.8 Å². The summed E-state index contributed by atoms with van der Waals surface area (Å²) in [6.45, 7) is 4.24. The number of benzene rings is 4. The van der Waals surface area contributed by atoms with Crippen molar-refractivity contribution < 1.29 is 33.6 Å². The molecule has 3 heterocycles. The summed E-state index contributed by atoms with van der Waals surface area (Å²) in [6, 6.07) is 42.1. The number of morpholine rings is 1. The topological polar surface area (TPSA) is 112 Å². The van der Waals surface area contributed by atoms with Gasteiger partial charge in [-0.15, -0.1) is 0 Å². The lowest BCUT2D eigenvalue weighted by atomic mass is 10.2. The maximum absolute atomic E-state index is 10.6. The van der Waals surface area contributed by atoms with E-state index in [1.54, 1.807) is 24.3 Å². The van der Waals surface area contributed by atoms with Gasteiger partial charge in [0.05, 0.1) is 24.6 Å². The third-order valence-corrected chi connectivity index (χ3v) is 8.66. The molecule has 0 saturated carbocycles. The molecule has 10 nitrogen and oxygen atoms in total. The third-order valence-electron chi connectivity index (χ3n) is 8.26. The Hall–Kier alpha value is -6.30. The van der Waals surface area contributed by atoms with Crippen molar-refractivity contribution in [2.75, 3.05) is 26.3 Å². The number of ether oxygens (including phenoxy) is 5. The van der Waals surface area contributed by atoms with Crippen LogP contribution in [0.4, 0.5) is 0 Å². The van der Waals surface area contributed by atoms with Gasteiger partial charge in [0.25, 0.3) is 0 Å². The number of carboxylic acids is 1. The number of thiocarbonyl (C=S) groups is 1. The van der Waals surface area contributed by atoms with Crippen LogP contribution in [0.2, 0.25) is 0 Å². The second kappa shape index (κ2) is 20.2. The standard InChI is InChI=1S/C24H24N2O3S.C20H17NO4/c30-24(26-12-14-27-15-13-26)16-20-6-11-23(25-17-20)29-22-9-7-21(8-10-22)28-18-19-4-2-1-3-5-19;22-20(23)12-16-6-11-19(21-13-16)25-18-9-7-17(8-10-18)24-14-15-4-2-1-3-5-15/h1-11,17H,12-16,18H2;1-11,13H,12,14H2,(H,22,23). The predicted molar refractivity (Wildman–Crippen MR) is 213 cm³/mol. The molecule has 4 aromatic carbocycles. The Labute approximate surface area is 325 Å². The fraction of sp³-hybridized carbons (Fsp3) is 0.182. The monoisotopic (exact) mass is 755 g/mol. The Bertz CT molecular complexity index is 2060. The van der Waals surface area contributed by atoms with Crippen LogP contribution in [-0.2, 0) is 35.6 Å². The van der Waals surface area contributed by atoms with Gasteiger partial charge in [0.15, 0.2) is 0 Å². The van der Waals surface area contributed by atoms with Crippen LogP contribution in [0.5, 0.6) is 34.8 Å². The molecule has 1 saturated heterocycles. The smallest absolute Gasteiger partial charge is 0.307 e. The Kier molecular flexibility index (Phi) is 14.1. The molecule has 280 valence electrons. The lowest BCUT2D eigenvalue weighted by molar-refractivity contribution is -0.136. The summed E-state index contributed by atoms with van der Waals surface area (Å²) in [5, 5.41) is 8.74. The molecule has 0 atom stereocenters. The molecule has 7 rings (SSSR count). The second-order valence-electron chi connectivity index (χ2n) is 12.4. The number of carboxylic acid groups (broad SMARTS) is 1. The van der Waals surface area contributed by atoms with Gasteiger partial charge < -0.3 is 33.7 Å². The van der Waals surface area contributed by atoms with Crippen LogP contribution in [0.15, 0.2) is 146 Å². The fourth-order valence-corrected chi connectivity index (χ4v) is 5.71. The van der Waals surface area contributed by atoms with Crippen molar-refractivity contribution in [3.63, 3.8) is 0 Å². The van der Waals surface area contributed by atoms with Crippen LogP contribution in [0, 0.1) is 0 Å². The molecule has 11 heteroatoms. The molecule has 1 N–H and O–H groups in total. The normalized spacial score (nSPS) is 12.1. The summed E-state index contributed by atoms with van der Waals surface area (Å²) < 4.78 is 28.4. The van der Waals surface area contributed by atoms with E-state index in [-0.39, 0.29) is 6.42 Å². The zero-order valence-electron chi connectivity index (χ0n) is 30.2. The van der Waals surface area contributed by atoms with Crippen LogP contribution in [0.1, 0.15) is 22.3 Å². The minimum atomic E-state index is -0.887. The first-order chi connectivity index (χ1) is 26.9. The maximum atomic E-state index is 10.6. The van der Waals surface area contributed by atoms with Gasteiger partial charge in [-0.2, -0.15) is 0 Å². The van der Waals surface area contributed by atoms with Crippen molar-refractivity contribution in [1.82, 2.24) is 14.9 Å². The number of pyridine rings is 2. The molecule has 0 spiro atoms. The molecular formula is C44H41N3O7S. The molecule has 1 aliphatic heterocycles. The first kappa shape index (κ1) is 38.4. The van der Waals surface area contributed by atoms with Gasteiger partial charge in [0.1, 0.15) is 36.2 Å². The summed E-state index contributed by atoms with van der Waals surface area (Å²) >= 11 is 5.56. The highest BCUT2D eigenvalue weighted by molar-refractivity contribution is 7.80. The molecule has 0 amide bonds. The summed E-state index contributed by atoms with van der Waals surface area (Å²) in [7, 11) is 0. The molecular weight excluding hydrogens is 715 g/mol. The molecule has 6 aromatic rings. The minimum Gasteiger partial charge on any atom is -0.489 e. The third kappa shape index (κ3) is 13.0. The van der Waals surface area contributed by atoms with Crippen LogP contribution >= 0.6 is 12.2 Å². The van der Waals surface area contributed by atoms with Crippen molar-refractivity contribution in [2.24, 2.45) is 0 Å². The van der Waals surface area contributed by atoms with E-state index in [0.717, 1.165) is 59.5 Å². The first-order valence-electron chi connectivity index (χ1n) is 17.8. The van der Waals surface area contributed by atoms with Crippen LogP contribution in [-0.4, -0.2) is 57.2 Å². The zero-order valence-corrected chi connectivity index (χ0v) is 31.0. The van der Waals surface area contributed by atoms with Gasteiger partial charge in [-0.05, 0) is 70.8 Å². The molecule has 0 unspecified atom stereocenters. The van der Waals surface area contributed by atoms with E-state index in [2.05, 4.69) is 14.9 Å². The minimum absolute atomic E-state index is 0.0548. The van der Waals surface area contributed by atoms with Crippen molar-refractivity contribution in [3.05, 3.63) is 168 Å². The number of aromatic nitrogens is 2. The average molecular weight is 756 g/mol. The Morgan fingerprint density at radius 1 is 0.582 bits per heavy atom. The number of aliphatic carboxylic acids is 1. The van der Waals surface area contributed by atoms with E-state index in [4.69, 9.17) is 41.0 Å². The number of rotatable bonds is 14. The summed E-state index contributed by atoms with van der Waals surface area (Å²) in [4.78, 5) is 22.3. The molecule has 55 heavy (non-hydrogen) atoms. The largest absolute Gasteiger partial charge is 0.489 e. The highest BCUT2D eigenvalue weighted by atomic mass is 32.1. The Balaban J connectivity index is 0.000000190. The van der Waals surface area contributed by atoms with E-state index in [0.29, 0.717) is 48.5 Å². The summed E-state index contributed by atoms with van der Waals surface area (Å²) in [6.07, 6.45) is 3.97. The molecule has 0 aliphatic carbocycles. The highest BCUT2D eigenvalue weighted by Crippen LogP contribution is 2.25. The number of carbonyl (C=O) groups is 1. The van der Waals surface area contributed by atoms with Crippen LogP contribution in [0.25, 0.3) is 0 Å². The maximum Gasteiger partial charge on any atom is 0.307 e. The number of hydrogen-bond acceptors (Lipinski definition) is 9. The van der Waals surface area contributed by atoms with Gasteiger partial charge in [-0.1, -0.05) is 85.0 Å². The quantitative estimate of drug-likeness (QED) is 0.108. The Morgan fingerprint density at radius 3 is 1.44 bits per heavy atom. The van der Waals surface area contributed by atoms with E-state index in [1.807, 2.05) is 115 Å². The van der Waals surface area contributed by atoms with Crippen molar-refractivity contribution >= 4 is 23.2 Å². The van der Waals surface area contributed by atoms with E-state index >= 15 is 0 Å². The first-order valence-corrected chi connectivity index (χ1v) is 18.2. The lowest BCUT2D eigenvalue weighted by Crippen LogP contribution is -2.40. The molecule has 0 radical (unpaired) electrons. The molecule has 2 aromatic heterocycles.